The van der Waals surface area contributed by atoms with Gasteiger partial charge in [0.25, 0.3) is 0 Å². The fourth-order valence-electron chi connectivity index (χ4n) is 3.28. The molecule has 6 nitrogen and oxygen atoms in total. The summed E-state index contributed by atoms with van der Waals surface area (Å²) in [6.07, 6.45) is -3.24. The van der Waals surface area contributed by atoms with E-state index in [0.29, 0.717) is 33.4 Å². The summed E-state index contributed by atoms with van der Waals surface area (Å²) < 4.78 is 11.7. The van der Waals surface area contributed by atoms with Gasteiger partial charge >= 0.3 is 0 Å². The van der Waals surface area contributed by atoms with Crippen molar-refractivity contribution in [1.29, 1.82) is 0 Å². The number of fused-ring (bicyclic) bond motifs is 4. The van der Waals surface area contributed by atoms with Crippen LogP contribution in [0.15, 0.2) is 52.9 Å². The van der Waals surface area contributed by atoms with Gasteiger partial charge in [-0.3, -0.25) is 4.79 Å². The number of furan rings is 1. The Morgan fingerprint density at radius 1 is 1.04 bits per heavy atom. The van der Waals surface area contributed by atoms with E-state index in [1.165, 1.54) is 0 Å². The van der Waals surface area contributed by atoms with E-state index in [4.69, 9.17) is 14.3 Å². The minimum atomic E-state index is -1.30. The summed E-state index contributed by atoms with van der Waals surface area (Å²) in [7, 11) is 0. The van der Waals surface area contributed by atoms with Crippen molar-refractivity contribution in [2.24, 2.45) is 0 Å². The first-order valence-electron chi connectivity index (χ1n) is 8.35. The predicted molar refractivity (Wildman–Crippen MR) is 93.0 cm³/mol. The maximum Gasteiger partial charge on any atom is 0.197 e. The van der Waals surface area contributed by atoms with Gasteiger partial charge in [-0.1, -0.05) is 42.5 Å². The van der Waals surface area contributed by atoms with Crippen LogP contribution in [0.3, 0.4) is 0 Å². The van der Waals surface area contributed by atoms with Crippen LogP contribution in [0.1, 0.15) is 33.3 Å². The molecule has 6 heteroatoms. The van der Waals surface area contributed by atoms with Crippen LogP contribution in [-0.4, -0.2) is 46.5 Å². The molecule has 4 rings (SSSR count). The van der Waals surface area contributed by atoms with E-state index in [2.05, 4.69) is 0 Å². The lowest BCUT2D eigenvalue weighted by Crippen LogP contribution is -2.34. The summed E-state index contributed by atoms with van der Waals surface area (Å²) >= 11 is 0. The molecule has 3 N–H and O–H groups in total. The highest BCUT2D eigenvalue weighted by Gasteiger charge is 2.37. The van der Waals surface area contributed by atoms with Crippen LogP contribution in [0.5, 0.6) is 0 Å². The Bertz CT molecular complexity index is 960. The summed E-state index contributed by atoms with van der Waals surface area (Å²) in [6, 6.07) is 14.4. The third kappa shape index (κ3) is 2.64. The highest BCUT2D eigenvalue weighted by Crippen LogP contribution is 2.42. The number of hydrogen-bond acceptors (Lipinski definition) is 6. The van der Waals surface area contributed by atoms with Crippen molar-refractivity contribution in [3.05, 3.63) is 71.0 Å². The standard InChI is InChI=1S/C20H18O6/c21-9-14(22)15(23)10-25-19-12-6-2-1-5-11(12)18(24)17-13-7-3-4-8-16(13)26-20(17)19/h1-8,14-15,19,21-23H,9-10H2/t14-,15-,19?/m1/s1. The summed E-state index contributed by atoms with van der Waals surface area (Å²) in [5.41, 5.74) is 2.22. The van der Waals surface area contributed by atoms with Crippen molar-refractivity contribution in [1.82, 2.24) is 0 Å². The van der Waals surface area contributed by atoms with Gasteiger partial charge in [0.2, 0.25) is 0 Å². The van der Waals surface area contributed by atoms with E-state index >= 15 is 0 Å². The zero-order valence-electron chi connectivity index (χ0n) is 13.8. The lowest BCUT2D eigenvalue weighted by Gasteiger charge is -2.26. The van der Waals surface area contributed by atoms with Gasteiger partial charge < -0.3 is 24.5 Å². The van der Waals surface area contributed by atoms with Crippen LogP contribution in [0, 0.1) is 0 Å². The van der Waals surface area contributed by atoms with Crippen LogP contribution in [0.25, 0.3) is 11.0 Å². The first-order valence-corrected chi connectivity index (χ1v) is 8.35. The first kappa shape index (κ1) is 16.9. The largest absolute Gasteiger partial charge is 0.457 e. The average Bonchev–Trinajstić information content (AvgIpc) is 3.06. The molecule has 2 aromatic carbocycles. The van der Waals surface area contributed by atoms with E-state index in [1.54, 1.807) is 30.3 Å². The molecule has 26 heavy (non-hydrogen) atoms. The van der Waals surface area contributed by atoms with E-state index in [9.17, 15) is 15.0 Å². The molecule has 0 fully saturated rings. The van der Waals surface area contributed by atoms with E-state index in [0.717, 1.165) is 0 Å². The van der Waals surface area contributed by atoms with Gasteiger partial charge in [0, 0.05) is 10.9 Å². The minimum Gasteiger partial charge on any atom is -0.457 e. The van der Waals surface area contributed by atoms with Crippen LogP contribution in [0.4, 0.5) is 0 Å². The van der Waals surface area contributed by atoms with E-state index in [1.807, 2.05) is 18.2 Å². The number of carbonyl (C=O) groups is 1. The first-order chi connectivity index (χ1) is 12.6. The fraction of sp³-hybridized carbons (Fsp3) is 0.250. The summed E-state index contributed by atoms with van der Waals surface area (Å²) in [5.74, 6) is 0.261. The number of hydrogen-bond donors (Lipinski definition) is 3. The van der Waals surface area contributed by atoms with Gasteiger partial charge in [0.05, 0.1) is 18.8 Å². The third-order valence-corrected chi connectivity index (χ3v) is 4.64. The number of para-hydroxylation sites is 1. The van der Waals surface area contributed by atoms with Crippen LogP contribution in [0.2, 0.25) is 0 Å². The molecule has 0 amide bonds. The van der Waals surface area contributed by atoms with Gasteiger partial charge in [-0.05, 0) is 11.6 Å². The summed E-state index contributed by atoms with van der Waals surface area (Å²) in [4.78, 5) is 13.0. The molecule has 0 bridgehead atoms. The van der Waals surface area contributed by atoms with Crippen molar-refractivity contribution >= 4 is 16.8 Å². The molecule has 1 aliphatic carbocycles. The Kier molecular flexibility index (Phi) is 4.34. The average molecular weight is 354 g/mol. The Labute approximate surface area is 149 Å². The lowest BCUT2D eigenvalue weighted by atomic mass is 9.86. The van der Waals surface area contributed by atoms with Crippen LogP contribution < -0.4 is 0 Å². The fourth-order valence-corrected chi connectivity index (χ4v) is 3.28. The maximum absolute atomic E-state index is 13.0. The molecule has 134 valence electrons. The van der Waals surface area contributed by atoms with E-state index < -0.39 is 24.9 Å². The summed E-state index contributed by atoms with van der Waals surface area (Å²) in [5, 5.41) is 29.1. The zero-order chi connectivity index (χ0) is 18.3. The Morgan fingerprint density at radius 3 is 2.58 bits per heavy atom. The van der Waals surface area contributed by atoms with Crippen molar-refractivity contribution in [2.45, 2.75) is 18.3 Å². The van der Waals surface area contributed by atoms with Crippen molar-refractivity contribution in [3.63, 3.8) is 0 Å². The molecule has 0 aliphatic heterocycles. The molecular formula is C20H18O6. The molecule has 0 radical (unpaired) electrons. The Balaban J connectivity index is 1.79. The molecule has 0 saturated carbocycles. The second-order valence-electron chi connectivity index (χ2n) is 6.28. The smallest absolute Gasteiger partial charge is 0.197 e. The highest BCUT2D eigenvalue weighted by atomic mass is 16.5. The topological polar surface area (TPSA) is 100 Å². The van der Waals surface area contributed by atoms with Gasteiger partial charge in [-0.2, -0.15) is 0 Å². The molecule has 0 saturated heterocycles. The number of ketones is 1. The molecule has 1 aromatic heterocycles. The molecular weight excluding hydrogens is 336 g/mol. The molecule has 1 unspecified atom stereocenters. The number of benzene rings is 2. The maximum atomic E-state index is 13.0. The van der Waals surface area contributed by atoms with Crippen molar-refractivity contribution < 1.29 is 29.3 Å². The Hall–Kier alpha value is -2.51. The van der Waals surface area contributed by atoms with Crippen LogP contribution >= 0.6 is 0 Å². The van der Waals surface area contributed by atoms with Gasteiger partial charge in [-0.15, -0.1) is 0 Å². The zero-order valence-corrected chi connectivity index (χ0v) is 13.8. The number of ether oxygens (including phenoxy) is 1. The van der Waals surface area contributed by atoms with Gasteiger partial charge in [-0.25, -0.2) is 0 Å². The third-order valence-electron chi connectivity index (χ3n) is 4.64. The van der Waals surface area contributed by atoms with Gasteiger partial charge in [0.1, 0.15) is 29.7 Å². The number of aliphatic hydroxyl groups excluding tert-OH is 3. The highest BCUT2D eigenvalue weighted by molar-refractivity contribution is 6.19. The second kappa shape index (κ2) is 6.66. The second-order valence-corrected chi connectivity index (χ2v) is 6.28. The number of aliphatic hydroxyl groups is 3. The van der Waals surface area contributed by atoms with Crippen molar-refractivity contribution in [2.75, 3.05) is 13.2 Å². The minimum absolute atomic E-state index is 0.128. The molecule has 3 aromatic rings. The lowest BCUT2D eigenvalue weighted by molar-refractivity contribution is -0.0715. The van der Waals surface area contributed by atoms with E-state index in [-0.39, 0.29) is 12.4 Å². The number of rotatable bonds is 5. The molecule has 1 aliphatic rings. The number of carbonyl (C=O) groups excluding carboxylic acids is 1. The predicted octanol–water partition coefficient (Wildman–Crippen LogP) is 1.80. The van der Waals surface area contributed by atoms with Crippen molar-refractivity contribution in [3.8, 4) is 0 Å². The normalized spacial score (nSPS) is 18.4. The quantitative estimate of drug-likeness (QED) is 0.646. The van der Waals surface area contributed by atoms with Gasteiger partial charge in [0.15, 0.2) is 5.78 Å². The van der Waals surface area contributed by atoms with Crippen LogP contribution in [-0.2, 0) is 4.74 Å². The molecule has 0 spiro atoms. The monoisotopic (exact) mass is 354 g/mol. The SMILES string of the molecule is O=C1c2ccccc2C(OC[C@@H](O)[C@H](O)CO)c2oc3ccccc3c21. The molecule has 1 heterocycles. The molecule has 3 atom stereocenters. The summed E-state index contributed by atoms with van der Waals surface area (Å²) in [6.45, 7) is -0.786. The Morgan fingerprint density at radius 2 is 1.77 bits per heavy atom.